The maximum Gasteiger partial charge on any atom is 0.273 e. The summed E-state index contributed by atoms with van der Waals surface area (Å²) in [6.45, 7) is 1.93. The summed E-state index contributed by atoms with van der Waals surface area (Å²) in [5, 5.41) is 19.2. The molecule has 0 bridgehead atoms. The Morgan fingerprint density at radius 2 is 2.50 bits per heavy atom. The van der Waals surface area contributed by atoms with E-state index < -0.39 is 5.60 Å². The molecule has 3 rings (SSSR count). The fourth-order valence-corrected chi connectivity index (χ4v) is 3.61. The van der Waals surface area contributed by atoms with E-state index >= 15 is 0 Å². The third-order valence-corrected chi connectivity index (χ3v) is 4.62. The van der Waals surface area contributed by atoms with Crippen LogP contribution in [0.2, 0.25) is 0 Å². The molecular formula is C14H16N2O3S. The van der Waals surface area contributed by atoms with Crippen molar-refractivity contribution in [1.82, 2.24) is 10.5 Å². The van der Waals surface area contributed by atoms with Crippen LogP contribution in [0.25, 0.3) is 0 Å². The number of amides is 1. The van der Waals surface area contributed by atoms with Crippen LogP contribution in [0.3, 0.4) is 0 Å². The van der Waals surface area contributed by atoms with E-state index in [1.165, 1.54) is 4.88 Å². The molecule has 5 nitrogen and oxygen atoms in total. The maximum atomic E-state index is 12.0. The van der Waals surface area contributed by atoms with Crippen molar-refractivity contribution in [2.75, 3.05) is 6.54 Å². The van der Waals surface area contributed by atoms with E-state index in [4.69, 9.17) is 4.52 Å². The predicted octanol–water partition coefficient (Wildman–Crippen LogP) is 2.00. The number of nitrogens with one attached hydrogen (secondary N) is 1. The Bertz CT molecular complexity index is 634. The number of aryl methyl sites for hydroxylation is 2. The second-order valence-electron chi connectivity index (χ2n) is 5.15. The Morgan fingerprint density at radius 3 is 3.25 bits per heavy atom. The Morgan fingerprint density at radius 1 is 1.65 bits per heavy atom. The molecule has 20 heavy (non-hydrogen) atoms. The van der Waals surface area contributed by atoms with Gasteiger partial charge in [-0.1, -0.05) is 5.16 Å². The van der Waals surface area contributed by atoms with Crippen molar-refractivity contribution < 1.29 is 14.4 Å². The lowest BCUT2D eigenvalue weighted by molar-refractivity contribution is 0.0196. The van der Waals surface area contributed by atoms with Gasteiger partial charge in [0.05, 0.1) is 6.54 Å². The van der Waals surface area contributed by atoms with Crippen molar-refractivity contribution in [2.45, 2.75) is 31.8 Å². The zero-order chi connectivity index (χ0) is 14.2. The normalized spacial score (nSPS) is 21.5. The summed E-state index contributed by atoms with van der Waals surface area (Å²) in [4.78, 5) is 13.2. The van der Waals surface area contributed by atoms with Crippen molar-refractivity contribution in [1.29, 1.82) is 0 Å². The number of aliphatic hydroxyl groups is 1. The monoisotopic (exact) mass is 292 g/mol. The molecule has 2 heterocycles. The summed E-state index contributed by atoms with van der Waals surface area (Å²) >= 11 is 1.66. The number of rotatable bonds is 3. The van der Waals surface area contributed by atoms with Gasteiger partial charge in [0, 0.05) is 10.9 Å². The van der Waals surface area contributed by atoms with Gasteiger partial charge in [-0.3, -0.25) is 4.79 Å². The van der Waals surface area contributed by atoms with Gasteiger partial charge >= 0.3 is 0 Å². The number of fused-ring (bicyclic) bond motifs is 1. The molecule has 0 fully saturated rings. The van der Waals surface area contributed by atoms with E-state index in [1.54, 1.807) is 24.3 Å². The lowest BCUT2D eigenvalue weighted by Gasteiger charge is -2.32. The molecule has 0 aliphatic heterocycles. The van der Waals surface area contributed by atoms with E-state index in [9.17, 15) is 9.90 Å². The molecule has 2 aromatic heterocycles. The Labute approximate surface area is 120 Å². The molecule has 0 saturated carbocycles. The molecule has 1 unspecified atom stereocenters. The number of carbonyl (C=O) groups excluding carboxylic acids is 1. The number of aromatic nitrogens is 1. The molecule has 1 atom stereocenters. The van der Waals surface area contributed by atoms with Crippen LogP contribution in [-0.4, -0.2) is 22.7 Å². The molecular weight excluding hydrogens is 276 g/mol. The molecule has 2 N–H and O–H groups in total. The number of hydrogen-bond donors (Lipinski definition) is 2. The van der Waals surface area contributed by atoms with Gasteiger partial charge in [-0.25, -0.2) is 0 Å². The van der Waals surface area contributed by atoms with Crippen LogP contribution in [0.15, 0.2) is 22.0 Å². The molecule has 2 aromatic rings. The standard InChI is InChI=1S/C14H16N2O3S/c1-9-7-11(16-19-9)13(17)15-8-14(18)5-2-3-12-10(14)4-6-20-12/h4,6-7,18H,2-3,5,8H2,1H3,(H,15,17). The van der Waals surface area contributed by atoms with Crippen molar-refractivity contribution in [3.05, 3.63) is 39.4 Å². The summed E-state index contributed by atoms with van der Waals surface area (Å²) in [5.41, 5.74) is 0.222. The zero-order valence-corrected chi connectivity index (χ0v) is 12.0. The third kappa shape index (κ3) is 2.36. The van der Waals surface area contributed by atoms with Gasteiger partial charge in [0.15, 0.2) is 5.69 Å². The quantitative estimate of drug-likeness (QED) is 0.907. The predicted molar refractivity (Wildman–Crippen MR) is 74.7 cm³/mol. The van der Waals surface area contributed by atoms with Crippen LogP contribution < -0.4 is 5.32 Å². The van der Waals surface area contributed by atoms with Gasteiger partial charge in [0.1, 0.15) is 11.4 Å². The van der Waals surface area contributed by atoms with E-state index in [-0.39, 0.29) is 18.1 Å². The van der Waals surface area contributed by atoms with Crippen molar-refractivity contribution >= 4 is 17.2 Å². The summed E-state index contributed by atoms with van der Waals surface area (Å²) in [7, 11) is 0. The van der Waals surface area contributed by atoms with Gasteiger partial charge in [-0.2, -0.15) is 0 Å². The largest absolute Gasteiger partial charge is 0.383 e. The summed E-state index contributed by atoms with van der Waals surface area (Å²) < 4.78 is 4.87. The Kier molecular flexibility index (Phi) is 3.35. The van der Waals surface area contributed by atoms with Crippen molar-refractivity contribution in [2.24, 2.45) is 0 Å². The van der Waals surface area contributed by atoms with Crippen molar-refractivity contribution in [3.8, 4) is 0 Å². The molecule has 0 spiro atoms. The SMILES string of the molecule is Cc1cc(C(=O)NCC2(O)CCCc3sccc32)no1. The fourth-order valence-electron chi connectivity index (χ4n) is 2.60. The number of carbonyl (C=O) groups is 1. The van der Waals surface area contributed by atoms with Crippen molar-refractivity contribution in [3.63, 3.8) is 0 Å². The van der Waals surface area contributed by atoms with Gasteiger partial charge < -0.3 is 14.9 Å². The summed E-state index contributed by atoms with van der Waals surface area (Å²) in [6.07, 6.45) is 2.60. The number of nitrogens with zero attached hydrogens (tertiary/aromatic N) is 1. The highest BCUT2D eigenvalue weighted by Gasteiger charge is 2.35. The number of hydrogen-bond acceptors (Lipinski definition) is 5. The smallest absolute Gasteiger partial charge is 0.273 e. The molecule has 106 valence electrons. The lowest BCUT2D eigenvalue weighted by atomic mass is 9.83. The van der Waals surface area contributed by atoms with Crippen LogP contribution in [0.1, 0.15) is 39.5 Å². The van der Waals surface area contributed by atoms with Crippen LogP contribution in [0, 0.1) is 6.92 Å². The minimum atomic E-state index is -0.970. The van der Waals surface area contributed by atoms with Crippen LogP contribution in [0.5, 0.6) is 0 Å². The first-order valence-corrected chi connectivity index (χ1v) is 7.47. The molecule has 0 radical (unpaired) electrons. The van der Waals surface area contributed by atoms with E-state index in [0.717, 1.165) is 18.4 Å². The molecule has 6 heteroatoms. The minimum absolute atomic E-state index is 0.196. The van der Waals surface area contributed by atoms with Crippen LogP contribution in [-0.2, 0) is 12.0 Å². The van der Waals surface area contributed by atoms with E-state index in [1.807, 2.05) is 11.4 Å². The highest BCUT2D eigenvalue weighted by atomic mass is 32.1. The van der Waals surface area contributed by atoms with Gasteiger partial charge in [-0.05, 0) is 43.2 Å². The molecule has 1 aliphatic rings. The van der Waals surface area contributed by atoms with Gasteiger partial charge in [-0.15, -0.1) is 11.3 Å². The summed E-state index contributed by atoms with van der Waals surface area (Å²) in [5.74, 6) is 0.268. The van der Waals surface area contributed by atoms with Crippen LogP contribution >= 0.6 is 11.3 Å². The molecule has 0 aromatic carbocycles. The Balaban J connectivity index is 1.71. The molecule has 0 saturated heterocycles. The second kappa shape index (κ2) is 5.03. The maximum absolute atomic E-state index is 12.0. The third-order valence-electron chi connectivity index (χ3n) is 3.64. The fraction of sp³-hybridized carbons (Fsp3) is 0.429. The first-order valence-electron chi connectivity index (χ1n) is 6.59. The van der Waals surface area contributed by atoms with E-state index in [0.29, 0.717) is 12.2 Å². The topological polar surface area (TPSA) is 75.4 Å². The van der Waals surface area contributed by atoms with Gasteiger partial charge in [0.25, 0.3) is 5.91 Å². The summed E-state index contributed by atoms with van der Waals surface area (Å²) in [6, 6.07) is 3.53. The van der Waals surface area contributed by atoms with Crippen LogP contribution in [0.4, 0.5) is 0 Å². The number of thiophene rings is 1. The first kappa shape index (κ1) is 13.3. The Hall–Kier alpha value is -1.66. The molecule has 1 amide bonds. The average Bonchev–Trinajstić information content (AvgIpc) is 3.06. The first-order chi connectivity index (χ1) is 9.58. The van der Waals surface area contributed by atoms with E-state index in [2.05, 4.69) is 10.5 Å². The highest BCUT2D eigenvalue weighted by molar-refractivity contribution is 7.10. The zero-order valence-electron chi connectivity index (χ0n) is 11.2. The average molecular weight is 292 g/mol. The minimum Gasteiger partial charge on any atom is -0.383 e. The second-order valence-corrected chi connectivity index (χ2v) is 6.15. The molecule has 1 aliphatic carbocycles. The lowest BCUT2D eigenvalue weighted by Crippen LogP contribution is -2.42. The van der Waals surface area contributed by atoms with Gasteiger partial charge in [0.2, 0.25) is 0 Å². The highest BCUT2D eigenvalue weighted by Crippen LogP contribution is 2.37.